The van der Waals surface area contributed by atoms with Crippen LogP contribution in [0.2, 0.25) is 5.02 Å². The van der Waals surface area contributed by atoms with Crippen molar-refractivity contribution in [3.05, 3.63) is 16.9 Å². The van der Waals surface area contributed by atoms with Gasteiger partial charge in [-0.3, -0.25) is 4.68 Å². The molecule has 1 aliphatic rings. The molecule has 0 spiro atoms. The van der Waals surface area contributed by atoms with Gasteiger partial charge in [-0.25, -0.2) is 0 Å². The van der Waals surface area contributed by atoms with Crippen molar-refractivity contribution < 1.29 is 5.21 Å². The van der Waals surface area contributed by atoms with Crippen molar-refractivity contribution in [2.45, 2.75) is 32.7 Å². The summed E-state index contributed by atoms with van der Waals surface area (Å²) in [5, 5.41) is 16.5. The first-order valence-electron chi connectivity index (χ1n) is 5.21. The minimum absolute atomic E-state index is 0.108. The number of amidine groups is 1. The fraction of sp³-hybridized carbons (Fsp3) is 0.600. The van der Waals surface area contributed by atoms with Crippen LogP contribution >= 0.6 is 11.6 Å². The molecule has 3 N–H and O–H groups in total. The van der Waals surface area contributed by atoms with E-state index in [0.717, 1.165) is 25.1 Å². The van der Waals surface area contributed by atoms with E-state index in [-0.39, 0.29) is 11.3 Å². The lowest BCUT2D eigenvalue weighted by molar-refractivity contribution is 0.312. The maximum atomic E-state index is 8.57. The maximum absolute atomic E-state index is 8.57. The average Bonchev–Trinajstić information content (AvgIpc) is 2.95. The zero-order chi connectivity index (χ0) is 11.8. The van der Waals surface area contributed by atoms with Crippen molar-refractivity contribution in [1.29, 1.82) is 0 Å². The predicted octanol–water partition coefficient (Wildman–Crippen LogP) is 1.76. The van der Waals surface area contributed by atoms with E-state index in [1.165, 1.54) is 0 Å². The van der Waals surface area contributed by atoms with E-state index in [4.69, 9.17) is 22.5 Å². The zero-order valence-electron chi connectivity index (χ0n) is 9.15. The van der Waals surface area contributed by atoms with E-state index in [9.17, 15) is 0 Å². The van der Waals surface area contributed by atoms with E-state index in [1.807, 2.05) is 11.6 Å². The Balaban J connectivity index is 2.07. The Morgan fingerprint density at radius 3 is 2.88 bits per heavy atom. The second-order valence-electron chi connectivity index (χ2n) is 4.50. The number of nitrogens with two attached hydrogens (primary N) is 1. The molecular formula is C10H15ClN4O. The molecule has 1 aromatic heterocycles. The van der Waals surface area contributed by atoms with Crippen LogP contribution in [0.3, 0.4) is 0 Å². The summed E-state index contributed by atoms with van der Waals surface area (Å²) in [6, 6.07) is 0. The summed E-state index contributed by atoms with van der Waals surface area (Å²) in [6.07, 6.45) is 4.43. The Morgan fingerprint density at radius 2 is 2.44 bits per heavy atom. The summed E-state index contributed by atoms with van der Waals surface area (Å²) >= 11 is 5.94. The van der Waals surface area contributed by atoms with Gasteiger partial charge in [0.25, 0.3) is 0 Å². The molecule has 0 amide bonds. The number of rotatable bonds is 4. The first kappa shape index (κ1) is 11.3. The lowest BCUT2D eigenvalue weighted by atomic mass is 10.0. The summed E-state index contributed by atoms with van der Waals surface area (Å²) in [6.45, 7) is 2.72. The van der Waals surface area contributed by atoms with Crippen LogP contribution in [0.4, 0.5) is 0 Å². The van der Waals surface area contributed by atoms with Crippen LogP contribution in [-0.2, 0) is 6.54 Å². The molecular weight excluding hydrogens is 228 g/mol. The lowest BCUT2D eigenvalue weighted by Crippen LogP contribution is -2.22. The molecule has 0 radical (unpaired) electrons. The topological polar surface area (TPSA) is 76.4 Å². The molecule has 0 atom stereocenters. The fourth-order valence-corrected chi connectivity index (χ4v) is 2.03. The molecule has 0 unspecified atom stereocenters. The Morgan fingerprint density at radius 1 is 1.75 bits per heavy atom. The monoisotopic (exact) mass is 242 g/mol. The summed E-state index contributed by atoms with van der Waals surface area (Å²) < 4.78 is 1.89. The molecule has 6 heteroatoms. The SMILES string of the molecule is Cc1c(Cl)cnn1CC1(CC(N)=NO)CC1. The molecule has 1 aliphatic carbocycles. The molecule has 0 saturated heterocycles. The molecule has 1 heterocycles. The van der Waals surface area contributed by atoms with Gasteiger partial charge in [-0.1, -0.05) is 16.8 Å². The quantitative estimate of drug-likeness (QED) is 0.366. The van der Waals surface area contributed by atoms with Gasteiger partial charge in [-0.15, -0.1) is 0 Å². The maximum Gasteiger partial charge on any atom is 0.139 e. The van der Waals surface area contributed by atoms with Crippen molar-refractivity contribution in [2.24, 2.45) is 16.3 Å². The second-order valence-corrected chi connectivity index (χ2v) is 4.91. The molecule has 1 fully saturated rings. The molecule has 0 aliphatic heterocycles. The zero-order valence-corrected chi connectivity index (χ0v) is 9.91. The number of halogens is 1. The third kappa shape index (κ3) is 2.14. The van der Waals surface area contributed by atoms with Crippen molar-refractivity contribution in [3.8, 4) is 0 Å². The highest BCUT2D eigenvalue weighted by Crippen LogP contribution is 2.50. The molecule has 1 aromatic rings. The second kappa shape index (κ2) is 3.97. The lowest BCUT2D eigenvalue weighted by Gasteiger charge is -2.15. The van der Waals surface area contributed by atoms with Crippen LogP contribution in [0.1, 0.15) is 25.0 Å². The molecule has 5 nitrogen and oxygen atoms in total. The number of aromatic nitrogens is 2. The highest BCUT2D eigenvalue weighted by Gasteiger charge is 2.44. The van der Waals surface area contributed by atoms with Crippen LogP contribution in [0, 0.1) is 12.3 Å². The number of hydrogen-bond donors (Lipinski definition) is 2. The van der Waals surface area contributed by atoms with Gasteiger partial charge in [-0.2, -0.15) is 5.10 Å². The number of oxime groups is 1. The molecule has 0 bridgehead atoms. The van der Waals surface area contributed by atoms with Crippen LogP contribution < -0.4 is 5.73 Å². The first-order valence-corrected chi connectivity index (χ1v) is 5.58. The molecule has 2 rings (SSSR count). The summed E-state index contributed by atoms with van der Waals surface area (Å²) in [5.41, 5.74) is 6.61. The first-order chi connectivity index (χ1) is 7.56. The van der Waals surface area contributed by atoms with Crippen LogP contribution in [0.15, 0.2) is 11.4 Å². The van der Waals surface area contributed by atoms with E-state index in [1.54, 1.807) is 6.20 Å². The minimum atomic E-state index is 0.108. The van der Waals surface area contributed by atoms with Crippen molar-refractivity contribution in [3.63, 3.8) is 0 Å². The summed E-state index contributed by atoms with van der Waals surface area (Å²) in [4.78, 5) is 0. The Hall–Kier alpha value is -1.23. The average molecular weight is 243 g/mol. The largest absolute Gasteiger partial charge is 0.409 e. The third-order valence-corrected chi connectivity index (χ3v) is 3.54. The Labute approximate surface area is 98.9 Å². The highest BCUT2D eigenvalue weighted by molar-refractivity contribution is 6.31. The van der Waals surface area contributed by atoms with Gasteiger partial charge in [0.05, 0.1) is 16.9 Å². The molecule has 88 valence electrons. The Bertz CT molecular complexity index is 422. The highest BCUT2D eigenvalue weighted by atomic mass is 35.5. The standard InChI is InChI=1S/C10H15ClN4O/c1-7-8(11)5-13-15(7)6-10(2-3-10)4-9(12)14-16/h5,16H,2-4,6H2,1H3,(H2,12,14). The van der Waals surface area contributed by atoms with Gasteiger partial charge in [0, 0.05) is 13.0 Å². The van der Waals surface area contributed by atoms with Gasteiger partial charge < -0.3 is 10.9 Å². The van der Waals surface area contributed by atoms with E-state index in [0.29, 0.717) is 11.4 Å². The van der Waals surface area contributed by atoms with Crippen LogP contribution in [-0.4, -0.2) is 20.8 Å². The molecule has 16 heavy (non-hydrogen) atoms. The number of hydrogen-bond acceptors (Lipinski definition) is 3. The van der Waals surface area contributed by atoms with Crippen LogP contribution in [0.25, 0.3) is 0 Å². The van der Waals surface area contributed by atoms with E-state index >= 15 is 0 Å². The smallest absolute Gasteiger partial charge is 0.139 e. The summed E-state index contributed by atoms with van der Waals surface area (Å²) in [7, 11) is 0. The predicted molar refractivity (Wildman–Crippen MR) is 61.7 cm³/mol. The Kier molecular flexibility index (Phi) is 2.80. The van der Waals surface area contributed by atoms with Gasteiger partial charge >= 0.3 is 0 Å². The molecule has 1 saturated carbocycles. The van der Waals surface area contributed by atoms with Gasteiger partial charge in [0.1, 0.15) is 5.84 Å². The van der Waals surface area contributed by atoms with E-state index < -0.39 is 0 Å². The van der Waals surface area contributed by atoms with Crippen molar-refractivity contribution >= 4 is 17.4 Å². The van der Waals surface area contributed by atoms with Crippen LogP contribution in [0.5, 0.6) is 0 Å². The van der Waals surface area contributed by atoms with Gasteiger partial charge in [0.15, 0.2) is 0 Å². The summed E-state index contributed by atoms with van der Waals surface area (Å²) in [5.74, 6) is 0.286. The van der Waals surface area contributed by atoms with Gasteiger partial charge in [0.2, 0.25) is 0 Å². The van der Waals surface area contributed by atoms with Crippen molar-refractivity contribution in [2.75, 3.05) is 0 Å². The van der Waals surface area contributed by atoms with Crippen molar-refractivity contribution in [1.82, 2.24) is 9.78 Å². The third-order valence-electron chi connectivity index (χ3n) is 3.17. The minimum Gasteiger partial charge on any atom is -0.409 e. The fourth-order valence-electron chi connectivity index (χ4n) is 1.89. The van der Waals surface area contributed by atoms with E-state index in [2.05, 4.69) is 10.3 Å². The normalized spacial score (nSPS) is 18.8. The number of nitrogens with zero attached hydrogens (tertiary/aromatic N) is 3. The molecule has 0 aromatic carbocycles. The van der Waals surface area contributed by atoms with Gasteiger partial charge in [-0.05, 0) is 25.2 Å².